The van der Waals surface area contributed by atoms with Crippen molar-refractivity contribution in [2.45, 2.75) is 6.54 Å². The number of nitrogens with zero attached hydrogens (tertiary/aromatic N) is 2. The quantitative estimate of drug-likeness (QED) is 0.615. The summed E-state index contributed by atoms with van der Waals surface area (Å²) in [6.45, 7) is 0.642. The Labute approximate surface area is 158 Å². The summed E-state index contributed by atoms with van der Waals surface area (Å²) in [5.74, 6) is -0.155. The molecular formula is C19H16IN3O2. The number of nitrogens with one attached hydrogen (secondary N) is 1. The topological polar surface area (TPSA) is 64.0 Å². The van der Waals surface area contributed by atoms with Crippen LogP contribution < -0.4 is 10.9 Å². The molecule has 0 aliphatic rings. The zero-order valence-corrected chi connectivity index (χ0v) is 15.5. The molecule has 0 aliphatic carbocycles. The number of benzene rings is 2. The fourth-order valence-corrected chi connectivity index (χ4v) is 3.02. The van der Waals surface area contributed by atoms with Crippen molar-refractivity contribution in [3.05, 3.63) is 86.2 Å². The highest BCUT2D eigenvalue weighted by atomic mass is 127. The van der Waals surface area contributed by atoms with E-state index in [1.54, 1.807) is 12.1 Å². The molecule has 2 aromatic carbocycles. The fourth-order valence-electron chi connectivity index (χ4n) is 2.39. The molecule has 5 nitrogen and oxygen atoms in total. The van der Waals surface area contributed by atoms with Crippen molar-refractivity contribution < 1.29 is 4.79 Å². The Balaban J connectivity index is 1.68. The average molecular weight is 445 g/mol. The fraction of sp³-hybridized carbons (Fsp3) is 0.105. The van der Waals surface area contributed by atoms with Gasteiger partial charge in [-0.3, -0.25) is 9.59 Å². The lowest BCUT2D eigenvalue weighted by molar-refractivity contribution is 0.0951. The van der Waals surface area contributed by atoms with Gasteiger partial charge in [0.2, 0.25) is 0 Å². The van der Waals surface area contributed by atoms with Gasteiger partial charge in [-0.2, -0.15) is 5.10 Å². The predicted octanol–water partition coefficient (Wildman–Crippen LogP) is 2.94. The Kier molecular flexibility index (Phi) is 5.60. The third-order valence-corrected chi connectivity index (χ3v) is 4.60. The van der Waals surface area contributed by atoms with Gasteiger partial charge in [0.15, 0.2) is 0 Å². The van der Waals surface area contributed by atoms with Crippen LogP contribution in [0.2, 0.25) is 0 Å². The van der Waals surface area contributed by atoms with Crippen molar-refractivity contribution >= 4 is 28.5 Å². The summed E-state index contributed by atoms with van der Waals surface area (Å²) in [4.78, 5) is 24.2. The molecule has 3 rings (SSSR count). The maximum atomic E-state index is 12.2. The third-order valence-electron chi connectivity index (χ3n) is 3.66. The molecule has 0 spiro atoms. The number of halogens is 1. The first-order chi connectivity index (χ1) is 12.1. The van der Waals surface area contributed by atoms with E-state index in [0.717, 1.165) is 14.8 Å². The van der Waals surface area contributed by atoms with Crippen molar-refractivity contribution in [2.24, 2.45) is 0 Å². The molecule has 0 bridgehead atoms. The van der Waals surface area contributed by atoms with Crippen molar-refractivity contribution in [1.82, 2.24) is 15.1 Å². The minimum Gasteiger partial charge on any atom is -0.350 e. The van der Waals surface area contributed by atoms with Gasteiger partial charge < -0.3 is 5.32 Å². The lowest BCUT2D eigenvalue weighted by Gasteiger charge is -2.09. The van der Waals surface area contributed by atoms with Gasteiger partial charge in [0.1, 0.15) is 0 Å². The van der Waals surface area contributed by atoms with Crippen LogP contribution in [-0.4, -0.2) is 22.2 Å². The molecule has 3 aromatic rings. The number of aromatic nitrogens is 2. The van der Waals surface area contributed by atoms with Crippen LogP contribution in [0, 0.1) is 3.57 Å². The van der Waals surface area contributed by atoms with Gasteiger partial charge in [-0.1, -0.05) is 42.5 Å². The molecule has 1 amide bonds. The molecule has 1 aromatic heterocycles. The number of amides is 1. The Bertz CT molecular complexity index is 939. The first kappa shape index (κ1) is 17.3. The van der Waals surface area contributed by atoms with Gasteiger partial charge >= 0.3 is 0 Å². The zero-order valence-electron chi connectivity index (χ0n) is 13.4. The lowest BCUT2D eigenvalue weighted by atomic mass is 10.1. The van der Waals surface area contributed by atoms with Crippen molar-refractivity contribution in [3.8, 4) is 11.3 Å². The van der Waals surface area contributed by atoms with E-state index in [2.05, 4.69) is 33.0 Å². The first-order valence-corrected chi connectivity index (χ1v) is 8.89. The molecule has 0 saturated carbocycles. The monoisotopic (exact) mass is 445 g/mol. The average Bonchev–Trinajstić information content (AvgIpc) is 2.64. The van der Waals surface area contributed by atoms with E-state index >= 15 is 0 Å². The molecule has 1 heterocycles. The summed E-state index contributed by atoms with van der Waals surface area (Å²) in [5.41, 5.74) is 2.10. The van der Waals surface area contributed by atoms with Crippen LogP contribution in [-0.2, 0) is 6.54 Å². The lowest BCUT2D eigenvalue weighted by Crippen LogP contribution is -2.32. The normalized spacial score (nSPS) is 10.4. The van der Waals surface area contributed by atoms with Crippen LogP contribution in [0.5, 0.6) is 0 Å². The maximum absolute atomic E-state index is 12.2. The zero-order chi connectivity index (χ0) is 17.6. The van der Waals surface area contributed by atoms with E-state index in [1.165, 1.54) is 10.7 Å². The second-order valence-corrected chi connectivity index (χ2v) is 6.54. The van der Waals surface area contributed by atoms with Crippen molar-refractivity contribution in [2.75, 3.05) is 6.54 Å². The van der Waals surface area contributed by atoms with Crippen LogP contribution in [0.15, 0.2) is 71.5 Å². The smallest absolute Gasteiger partial charge is 0.266 e. The van der Waals surface area contributed by atoms with Crippen LogP contribution in [0.4, 0.5) is 0 Å². The number of hydrogen-bond donors (Lipinski definition) is 1. The van der Waals surface area contributed by atoms with E-state index < -0.39 is 0 Å². The molecule has 0 saturated heterocycles. The number of carbonyl (C=O) groups excluding carboxylic acids is 1. The van der Waals surface area contributed by atoms with Gasteiger partial charge in [0.05, 0.1) is 17.8 Å². The molecule has 25 heavy (non-hydrogen) atoms. The summed E-state index contributed by atoms with van der Waals surface area (Å²) in [6.07, 6.45) is 0. The Morgan fingerprint density at radius 3 is 2.48 bits per heavy atom. The Hall–Kier alpha value is -2.48. The van der Waals surface area contributed by atoms with E-state index in [0.29, 0.717) is 18.7 Å². The van der Waals surface area contributed by atoms with E-state index in [1.807, 2.05) is 48.5 Å². The van der Waals surface area contributed by atoms with Crippen LogP contribution in [0.25, 0.3) is 11.3 Å². The van der Waals surface area contributed by atoms with E-state index in [-0.39, 0.29) is 11.5 Å². The highest BCUT2D eigenvalue weighted by molar-refractivity contribution is 14.1. The molecule has 126 valence electrons. The van der Waals surface area contributed by atoms with Gasteiger partial charge in [0.25, 0.3) is 11.5 Å². The number of carbonyl (C=O) groups is 1. The molecule has 6 heteroatoms. The minimum atomic E-state index is -0.191. The first-order valence-electron chi connectivity index (χ1n) is 7.81. The molecule has 0 aliphatic heterocycles. The van der Waals surface area contributed by atoms with Gasteiger partial charge in [-0.15, -0.1) is 0 Å². The summed E-state index contributed by atoms with van der Waals surface area (Å²) < 4.78 is 2.26. The number of hydrogen-bond acceptors (Lipinski definition) is 3. The Morgan fingerprint density at radius 2 is 1.72 bits per heavy atom. The maximum Gasteiger partial charge on any atom is 0.266 e. The van der Waals surface area contributed by atoms with Crippen LogP contribution >= 0.6 is 22.6 Å². The van der Waals surface area contributed by atoms with Gasteiger partial charge in [-0.25, -0.2) is 4.68 Å². The van der Waals surface area contributed by atoms with Crippen molar-refractivity contribution in [1.29, 1.82) is 0 Å². The minimum absolute atomic E-state index is 0.155. The SMILES string of the molecule is O=C(NCCn1nc(-c2ccccc2)ccc1=O)c1ccccc1I. The largest absolute Gasteiger partial charge is 0.350 e. The van der Waals surface area contributed by atoms with Crippen LogP contribution in [0.3, 0.4) is 0 Å². The molecule has 1 N–H and O–H groups in total. The molecule has 0 radical (unpaired) electrons. The van der Waals surface area contributed by atoms with Crippen LogP contribution in [0.1, 0.15) is 10.4 Å². The second-order valence-electron chi connectivity index (χ2n) is 5.38. The highest BCUT2D eigenvalue weighted by Crippen LogP contribution is 2.14. The molecule has 0 unspecified atom stereocenters. The van der Waals surface area contributed by atoms with Gasteiger partial charge in [-0.05, 0) is 40.8 Å². The number of rotatable bonds is 5. The van der Waals surface area contributed by atoms with E-state index in [4.69, 9.17) is 0 Å². The standard InChI is InChI=1S/C19H16IN3O2/c20-16-9-5-4-8-15(16)19(25)21-12-13-23-18(24)11-10-17(22-23)14-6-2-1-3-7-14/h1-11H,12-13H2,(H,21,25). The Morgan fingerprint density at radius 1 is 1.00 bits per heavy atom. The molecule has 0 atom stereocenters. The predicted molar refractivity (Wildman–Crippen MR) is 105 cm³/mol. The summed E-state index contributed by atoms with van der Waals surface area (Å²) in [6, 6.07) is 20.2. The summed E-state index contributed by atoms with van der Waals surface area (Å²) >= 11 is 2.13. The summed E-state index contributed by atoms with van der Waals surface area (Å²) in [5, 5.41) is 7.21. The highest BCUT2D eigenvalue weighted by Gasteiger charge is 2.09. The molecular weight excluding hydrogens is 429 g/mol. The second kappa shape index (κ2) is 8.06. The van der Waals surface area contributed by atoms with Crippen molar-refractivity contribution in [3.63, 3.8) is 0 Å². The summed E-state index contributed by atoms with van der Waals surface area (Å²) in [7, 11) is 0. The van der Waals surface area contributed by atoms with E-state index in [9.17, 15) is 9.59 Å². The van der Waals surface area contributed by atoms with Gasteiger partial charge in [0, 0.05) is 21.7 Å². The third kappa shape index (κ3) is 4.33. The molecule has 0 fully saturated rings.